The number of aryl methyl sites for hydroxylation is 1. The normalized spacial score (nSPS) is 15.5. The molecule has 3 aromatic heterocycles. The lowest BCUT2D eigenvalue weighted by Crippen LogP contribution is -2.48. The van der Waals surface area contributed by atoms with Gasteiger partial charge < -0.3 is 14.5 Å². The van der Waals surface area contributed by atoms with Crippen LogP contribution in [0.25, 0.3) is 11.2 Å². The number of anilines is 3. The van der Waals surface area contributed by atoms with Gasteiger partial charge in [0, 0.05) is 44.8 Å². The molecule has 0 unspecified atom stereocenters. The third-order valence-corrected chi connectivity index (χ3v) is 7.36. The van der Waals surface area contributed by atoms with E-state index in [1.165, 1.54) is 13.0 Å². The number of pyridine rings is 1. The van der Waals surface area contributed by atoms with Crippen molar-refractivity contribution in [3.8, 4) is 0 Å². The van der Waals surface area contributed by atoms with E-state index >= 15 is 0 Å². The minimum atomic E-state index is -0.235. The van der Waals surface area contributed by atoms with E-state index in [9.17, 15) is 9.18 Å². The molecule has 0 bridgehead atoms. The van der Waals surface area contributed by atoms with E-state index in [1.54, 1.807) is 17.4 Å². The summed E-state index contributed by atoms with van der Waals surface area (Å²) < 4.78 is 20.4. The van der Waals surface area contributed by atoms with Crippen molar-refractivity contribution < 1.29 is 13.9 Å². The first kappa shape index (κ1) is 26.8. The molecule has 3 aromatic rings. The molecular formula is C27H35FN6O2S. The summed E-state index contributed by atoms with van der Waals surface area (Å²) >= 11 is 1.55. The minimum Gasteiger partial charge on any atom is -0.465 e. The SMILES string of the molecule is CCOC(=O)CN1CCN(c2ccc3nc(CC)c(N(C)c4nc(/C(C)=C/C=C(\C)F)cs4)n3c2)CC1. The molecule has 1 aliphatic rings. The molecule has 198 valence electrons. The van der Waals surface area contributed by atoms with Crippen molar-refractivity contribution in [2.75, 3.05) is 56.2 Å². The zero-order valence-electron chi connectivity index (χ0n) is 22.2. The van der Waals surface area contributed by atoms with Crippen molar-refractivity contribution in [2.45, 2.75) is 34.1 Å². The average molecular weight is 527 g/mol. The molecule has 0 radical (unpaired) electrons. The van der Waals surface area contributed by atoms with Crippen molar-refractivity contribution in [3.63, 3.8) is 0 Å². The highest BCUT2D eigenvalue weighted by Gasteiger charge is 2.22. The predicted octanol–water partition coefficient (Wildman–Crippen LogP) is 5.08. The Morgan fingerprint density at radius 3 is 2.59 bits per heavy atom. The van der Waals surface area contributed by atoms with Crippen LogP contribution < -0.4 is 9.80 Å². The van der Waals surface area contributed by atoms with Gasteiger partial charge in [0.2, 0.25) is 0 Å². The van der Waals surface area contributed by atoms with Crippen LogP contribution in [0.4, 0.5) is 21.0 Å². The number of rotatable bonds is 9. The Hall–Kier alpha value is -3.24. The molecule has 0 atom stereocenters. The third kappa shape index (κ3) is 6.19. The third-order valence-electron chi connectivity index (χ3n) is 6.44. The summed E-state index contributed by atoms with van der Waals surface area (Å²) in [5.41, 5.74) is 4.74. The monoisotopic (exact) mass is 526 g/mol. The maximum Gasteiger partial charge on any atom is 0.320 e. The minimum absolute atomic E-state index is 0.166. The molecule has 1 fully saturated rings. The Morgan fingerprint density at radius 1 is 1.16 bits per heavy atom. The van der Waals surface area contributed by atoms with Gasteiger partial charge in [-0.1, -0.05) is 13.0 Å². The first-order chi connectivity index (χ1) is 17.8. The van der Waals surface area contributed by atoms with Crippen LogP contribution in [0.2, 0.25) is 0 Å². The Labute approximate surface area is 221 Å². The topological polar surface area (TPSA) is 66.2 Å². The number of thiazole rings is 1. The molecule has 0 aromatic carbocycles. The number of fused-ring (bicyclic) bond motifs is 1. The van der Waals surface area contributed by atoms with Gasteiger partial charge >= 0.3 is 5.97 Å². The molecule has 0 aliphatic carbocycles. The van der Waals surface area contributed by atoms with Gasteiger partial charge in [-0.15, -0.1) is 11.3 Å². The maximum atomic E-state index is 13.1. The van der Waals surface area contributed by atoms with Crippen LogP contribution in [0, 0.1) is 0 Å². The van der Waals surface area contributed by atoms with Gasteiger partial charge in [0.15, 0.2) is 5.13 Å². The van der Waals surface area contributed by atoms with Crippen LogP contribution in [0.5, 0.6) is 0 Å². The van der Waals surface area contributed by atoms with Crippen LogP contribution in [0.3, 0.4) is 0 Å². The lowest BCUT2D eigenvalue weighted by molar-refractivity contribution is -0.144. The number of aromatic nitrogens is 3. The summed E-state index contributed by atoms with van der Waals surface area (Å²) in [6.45, 7) is 11.3. The average Bonchev–Trinajstić information content (AvgIpc) is 3.52. The smallest absolute Gasteiger partial charge is 0.320 e. The molecule has 1 aliphatic heterocycles. The van der Waals surface area contributed by atoms with Gasteiger partial charge in [0.1, 0.15) is 11.5 Å². The molecule has 10 heteroatoms. The van der Waals surface area contributed by atoms with E-state index in [4.69, 9.17) is 14.7 Å². The number of esters is 1. The number of carbonyl (C=O) groups is 1. The molecule has 0 amide bonds. The lowest BCUT2D eigenvalue weighted by Gasteiger charge is -2.35. The maximum absolute atomic E-state index is 13.1. The Kier molecular flexibility index (Phi) is 8.60. The van der Waals surface area contributed by atoms with E-state index in [-0.39, 0.29) is 11.8 Å². The number of ether oxygens (including phenoxy) is 1. The fourth-order valence-corrected chi connectivity index (χ4v) is 5.27. The van der Waals surface area contributed by atoms with Crippen molar-refractivity contribution in [1.29, 1.82) is 0 Å². The van der Waals surface area contributed by atoms with E-state index in [1.807, 2.05) is 26.3 Å². The van der Waals surface area contributed by atoms with Crippen molar-refractivity contribution in [1.82, 2.24) is 19.3 Å². The Balaban J connectivity index is 1.57. The summed E-state index contributed by atoms with van der Waals surface area (Å²) in [4.78, 5) is 28.1. The first-order valence-electron chi connectivity index (χ1n) is 12.6. The highest BCUT2D eigenvalue weighted by molar-refractivity contribution is 7.13. The quantitative estimate of drug-likeness (QED) is 0.284. The molecule has 0 saturated carbocycles. The predicted molar refractivity (Wildman–Crippen MR) is 149 cm³/mol. The second-order valence-electron chi connectivity index (χ2n) is 9.10. The van der Waals surface area contributed by atoms with E-state index < -0.39 is 0 Å². The second-order valence-corrected chi connectivity index (χ2v) is 9.93. The number of nitrogens with zero attached hydrogens (tertiary/aromatic N) is 6. The standard InChI is InChI=1S/C27H35FN6O2S/c1-6-22-26(31(5)27-30-23(18-37-27)19(3)8-9-20(4)28)34-16-21(10-11-24(34)29-22)33-14-12-32(13-15-33)17-25(35)36-7-2/h8-11,16,18H,6-7,12-15,17H2,1-5H3/b19-8+,20-9+. The summed E-state index contributed by atoms with van der Waals surface area (Å²) in [6.07, 6.45) is 6.14. The van der Waals surface area contributed by atoms with Gasteiger partial charge in [0.25, 0.3) is 0 Å². The zero-order chi connectivity index (χ0) is 26.5. The number of hydrogen-bond acceptors (Lipinski definition) is 8. The molecule has 0 N–H and O–H groups in total. The zero-order valence-corrected chi connectivity index (χ0v) is 23.0. The second kappa shape index (κ2) is 11.9. The number of imidazole rings is 1. The van der Waals surface area contributed by atoms with Gasteiger partial charge in [0.05, 0.1) is 36.1 Å². The summed E-state index contributed by atoms with van der Waals surface area (Å²) in [5, 5.41) is 2.84. The molecule has 1 saturated heterocycles. The Bertz CT molecular complexity index is 1300. The fourth-order valence-electron chi connectivity index (χ4n) is 4.42. The van der Waals surface area contributed by atoms with Crippen LogP contribution in [0.1, 0.15) is 39.1 Å². The van der Waals surface area contributed by atoms with Gasteiger partial charge in [-0.2, -0.15) is 0 Å². The first-order valence-corrected chi connectivity index (χ1v) is 13.5. The molecule has 4 rings (SSSR count). The summed E-state index contributed by atoms with van der Waals surface area (Å²) in [7, 11) is 2.01. The van der Waals surface area contributed by atoms with E-state index in [2.05, 4.69) is 44.4 Å². The largest absolute Gasteiger partial charge is 0.465 e. The fraction of sp³-hybridized carbons (Fsp3) is 0.444. The number of allylic oxidation sites excluding steroid dienone is 4. The number of carbonyl (C=O) groups excluding carboxylic acids is 1. The lowest BCUT2D eigenvalue weighted by atomic mass is 10.2. The highest BCUT2D eigenvalue weighted by atomic mass is 32.1. The van der Waals surface area contributed by atoms with Gasteiger partial charge in [-0.05, 0) is 51.0 Å². The summed E-state index contributed by atoms with van der Waals surface area (Å²) in [6, 6.07) is 4.17. The van der Waals surface area contributed by atoms with Crippen molar-refractivity contribution in [3.05, 3.63) is 53.1 Å². The number of piperazine rings is 1. The van der Waals surface area contributed by atoms with Crippen LogP contribution in [-0.4, -0.2) is 71.6 Å². The molecule has 8 nitrogen and oxygen atoms in total. The number of hydrogen-bond donors (Lipinski definition) is 0. The number of halogens is 1. The molecule has 4 heterocycles. The molecular weight excluding hydrogens is 491 g/mol. The van der Waals surface area contributed by atoms with Crippen LogP contribution in [0.15, 0.2) is 41.7 Å². The molecule has 37 heavy (non-hydrogen) atoms. The van der Waals surface area contributed by atoms with Crippen LogP contribution >= 0.6 is 11.3 Å². The highest BCUT2D eigenvalue weighted by Crippen LogP contribution is 2.33. The summed E-state index contributed by atoms with van der Waals surface area (Å²) in [5.74, 6) is 0.587. The van der Waals surface area contributed by atoms with Crippen molar-refractivity contribution >= 4 is 45.2 Å². The van der Waals surface area contributed by atoms with Gasteiger partial charge in [-0.3, -0.25) is 14.1 Å². The van der Waals surface area contributed by atoms with Crippen LogP contribution in [-0.2, 0) is 16.0 Å². The Morgan fingerprint density at radius 2 is 1.92 bits per heavy atom. The molecule has 0 spiro atoms. The van der Waals surface area contributed by atoms with E-state index in [0.29, 0.717) is 13.2 Å². The van der Waals surface area contributed by atoms with E-state index in [0.717, 1.165) is 71.8 Å². The van der Waals surface area contributed by atoms with Crippen molar-refractivity contribution in [2.24, 2.45) is 0 Å². The van der Waals surface area contributed by atoms with Gasteiger partial charge in [-0.25, -0.2) is 14.4 Å².